The van der Waals surface area contributed by atoms with Crippen molar-refractivity contribution < 1.29 is 4.79 Å². The molecule has 0 aliphatic carbocycles. The van der Waals surface area contributed by atoms with Crippen LogP contribution in [-0.4, -0.2) is 22.4 Å². The van der Waals surface area contributed by atoms with Crippen molar-refractivity contribution >= 4 is 34.5 Å². The Morgan fingerprint density at radius 1 is 1.50 bits per heavy atom. The fourth-order valence-corrected chi connectivity index (χ4v) is 2.17. The van der Waals surface area contributed by atoms with Crippen LogP contribution in [0.2, 0.25) is 5.15 Å². The highest BCUT2D eigenvalue weighted by atomic mass is 35.5. The Kier molecular flexibility index (Phi) is 4.11. The number of thiazole rings is 1. The summed E-state index contributed by atoms with van der Waals surface area (Å²) in [5.74, 6) is -0.282. The number of anilines is 1. The SMILES string of the molecule is Nc1cnc(Cl)c(C(=O)NCCc2cscn2)c1. The number of hydrogen-bond donors (Lipinski definition) is 2. The summed E-state index contributed by atoms with van der Waals surface area (Å²) >= 11 is 7.36. The lowest BCUT2D eigenvalue weighted by Crippen LogP contribution is -2.26. The normalized spacial score (nSPS) is 10.3. The van der Waals surface area contributed by atoms with Gasteiger partial charge in [0.15, 0.2) is 0 Å². The molecule has 1 amide bonds. The van der Waals surface area contributed by atoms with Gasteiger partial charge in [-0.15, -0.1) is 11.3 Å². The maximum Gasteiger partial charge on any atom is 0.254 e. The average molecular weight is 283 g/mol. The molecule has 0 spiro atoms. The van der Waals surface area contributed by atoms with Gasteiger partial charge in [0.1, 0.15) is 5.15 Å². The number of rotatable bonds is 4. The van der Waals surface area contributed by atoms with E-state index in [-0.39, 0.29) is 16.6 Å². The molecule has 2 heterocycles. The van der Waals surface area contributed by atoms with Crippen LogP contribution in [0.25, 0.3) is 0 Å². The predicted octanol–water partition coefficient (Wildman–Crippen LogP) is 1.75. The van der Waals surface area contributed by atoms with Crippen molar-refractivity contribution in [3.8, 4) is 0 Å². The molecule has 3 N–H and O–H groups in total. The van der Waals surface area contributed by atoms with Gasteiger partial charge in [0.2, 0.25) is 0 Å². The van der Waals surface area contributed by atoms with Crippen molar-refractivity contribution in [2.24, 2.45) is 0 Å². The van der Waals surface area contributed by atoms with E-state index in [1.54, 1.807) is 5.51 Å². The largest absolute Gasteiger partial charge is 0.397 e. The molecule has 0 fully saturated rings. The van der Waals surface area contributed by atoms with Crippen LogP contribution in [0.4, 0.5) is 5.69 Å². The second-order valence-electron chi connectivity index (χ2n) is 3.59. The van der Waals surface area contributed by atoms with Crippen molar-refractivity contribution in [2.75, 3.05) is 12.3 Å². The molecule has 0 radical (unpaired) electrons. The van der Waals surface area contributed by atoms with Crippen molar-refractivity contribution in [1.82, 2.24) is 15.3 Å². The molecule has 2 aromatic rings. The highest BCUT2D eigenvalue weighted by Crippen LogP contribution is 2.15. The quantitative estimate of drug-likeness (QED) is 0.837. The molecule has 0 aromatic carbocycles. The summed E-state index contributed by atoms with van der Waals surface area (Å²) in [7, 11) is 0. The zero-order valence-corrected chi connectivity index (χ0v) is 11.0. The zero-order valence-electron chi connectivity index (χ0n) is 9.39. The lowest BCUT2D eigenvalue weighted by molar-refractivity contribution is 0.0954. The summed E-state index contributed by atoms with van der Waals surface area (Å²) in [6, 6.07) is 1.51. The number of nitrogens with one attached hydrogen (secondary N) is 1. The van der Waals surface area contributed by atoms with Crippen molar-refractivity contribution in [2.45, 2.75) is 6.42 Å². The van der Waals surface area contributed by atoms with E-state index in [1.165, 1.54) is 23.6 Å². The molecule has 0 bridgehead atoms. The topological polar surface area (TPSA) is 80.9 Å². The van der Waals surface area contributed by atoms with Crippen LogP contribution in [0.1, 0.15) is 16.1 Å². The second-order valence-corrected chi connectivity index (χ2v) is 4.67. The van der Waals surface area contributed by atoms with E-state index in [9.17, 15) is 4.79 Å². The van der Waals surface area contributed by atoms with Gasteiger partial charge in [-0.3, -0.25) is 4.79 Å². The summed E-state index contributed by atoms with van der Waals surface area (Å²) in [5.41, 5.74) is 8.97. The lowest BCUT2D eigenvalue weighted by atomic mass is 10.2. The standard InChI is InChI=1S/C11H11ClN4OS/c12-10-9(3-7(13)4-15-10)11(17)14-2-1-8-5-18-6-16-8/h3-6H,1-2,13H2,(H,14,17). The Bertz CT molecular complexity index is 544. The molecule has 0 aliphatic heterocycles. The Hall–Kier alpha value is -1.66. The first-order valence-corrected chi connectivity index (χ1v) is 6.55. The number of aromatic nitrogens is 2. The highest BCUT2D eigenvalue weighted by Gasteiger charge is 2.11. The van der Waals surface area contributed by atoms with Gasteiger partial charge in [0.25, 0.3) is 5.91 Å². The van der Waals surface area contributed by atoms with Gasteiger partial charge in [-0.1, -0.05) is 11.6 Å². The number of carbonyl (C=O) groups is 1. The fraction of sp³-hybridized carbons (Fsp3) is 0.182. The van der Waals surface area contributed by atoms with Crippen molar-refractivity contribution in [1.29, 1.82) is 0 Å². The minimum Gasteiger partial charge on any atom is -0.397 e. The van der Waals surface area contributed by atoms with Crippen LogP contribution in [0.3, 0.4) is 0 Å². The number of nitrogen functional groups attached to an aromatic ring is 1. The summed E-state index contributed by atoms with van der Waals surface area (Å²) in [6.45, 7) is 0.494. The molecule has 18 heavy (non-hydrogen) atoms. The molecular weight excluding hydrogens is 272 g/mol. The molecule has 2 aromatic heterocycles. The smallest absolute Gasteiger partial charge is 0.254 e. The third-order valence-electron chi connectivity index (χ3n) is 2.26. The van der Waals surface area contributed by atoms with E-state index < -0.39 is 0 Å². The average Bonchev–Trinajstić information content (AvgIpc) is 2.85. The molecule has 5 nitrogen and oxygen atoms in total. The van der Waals surface area contributed by atoms with E-state index in [4.69, 9.17) is 17.3 Å². The Balaban J connectivity index is 1.93. The molecule has 0 aliphatic rings. The summed E-state index contributed by atoms with van der Waals surface area (Å²) < 4.78 is 0. The first kappa shape index (κ1) is 12.8. The van der Waals surface area contributed by atoms with E-state index >= 15 is 0 Å². The van der Waals surface area contributed by atoms with Crippen molar-refractivity contribution in [3.05, 3.63) is 39.6 Å². The van der Waals surface area contributed by atoms with Crippen LogP contribution < -0.4 is 11.1 Å². The Morgan fingerprint density at radius 3 is 3.06 bits per heavy atom. The maximum atomic E-state index is 11.8. The summed E-state index contributed by atoms with van der Waals surface area (Å²) in [6.07, 6.45) is 2.09. The summed E-state index contributed by atoms with van der Waals surface area (Å²) in [4.78, 5) is 19.8. The van der Waals surface area contributed by atoms with Gasteiger partial charge in [0, 0.05) is 18.3 Å². The number of nitrogens with two attached hydrogens (primary N) is 1. The van der Waals surface area contributed by atoms with E-state index in [0.717, 1.165) is 5.69 Å². The molecule has 0 atom stereocenters. The van der Waals surface area contributed by atoms with Gasteiger partial charge in [-0.2, -0.15) is 0 Å². The van der Waals surface area contributed by atoms with Gasteiger partial charge in [0.05, 0.1) is 28.7 Å². The van der Waals surface area contributed by atoms with Crippen LogP contribution in [-0.2, 0) is 6.42 Å². The molecular formula is C11H11ClN4OS. The molecule has 94 valence electrons. The van der Waals surface area contributed by atoms with Crippen LogP contribution in [0.5, 0.6) is 0 Å². The first-order valence-electron chi connectivity index (χ1n) is 5.23. The molecule has 0 saturated carbocycles. The monoisotopic (exact) mass is 282 g/mol. The summed E-state index contributed by atoms with van der Waals surface area (Å²) in [5, 5.41) is 4.85. The number of nitrogens with zero attached hydrogens (tertiary/aromatic N) is 2. The van der Waals surface area contributed by atoms with Gasteiger partial charge < -0.3 is 11.1 Å². The first-order chi connectivity index (χ1) is 8.66. The number of pyridine rings is 1. The molecule has 0 unspecified atom stereocenters. The minimum absolute atomic E-state index is 0.148. The molecule has 2 rings (SSSR count). The van der Waals surface area contributed by atoms with Gasteiger partial charge in [-0.05, 0) is 6.07 Å². The second kappa shape index (κ2) is 5.79. The predicted molar refractivity (Wildman–Crippen MR) is 71.8 cm³/mol. The fourth-order valence-electron chi connectivity index (χ4n) is 1.38. The highest BCUT2D eigenvalue weighted by molar-refractivity contribution is 7.07. The Morgan fingerprint density at radius 2 is 2.33 bits per heavy atom. The lowest BCUT2D eigenvalue weighted by Gasteiger charge is -2.06. The number of amides is 1. The van der Waals surface area contributed by atoms with Gasteiger partial charge >= 0.3 is 0 Å². The third-order valence-corrected chi connectivity index (χ3v) is 3.19. The van der Waals surface area contributed by atoms with Gasteiger partial charge in [-0.25, -0.2) is 9.97 Å². The van der Waals surface area contributed by atoms with E-state index in [1.807, 2.05) is 5.38 Å². The number of halogens is 1. The molecule has 7 heteroatoms. The van der Waals surface area contributed by atoms with E-state index in [0.29, 0.717) is 18.7 Å². The maximum absolute atomic E-state index is 11.8. The Labute approximate surface area is 113 Å². The third kappa shape index (κ3) is 3.18. The van der Waals surface area contributed by atoms with Crippen molar-refractivity contribution in [3.63, 3.8) is 0 Å². The zero-order chi connectivity index (χ0) is 13.0. The van der Waals surface area contributed by atoms with Crippen LogP contribution >= 0.6 is 22.9 Å². The number of carbonyl (C=O) groups excluding carboxylic acids is 1. The van der Waals surface area contributed by atoms with Crippen LogP contribution in [0, 0.1) is 0 Å². The van der Waals surface area contributed by atoms with E-state index in [2.05, 4.69) is 15.3 Å². The van der Waals surface area contributed by atoms with Crippen LogP contribution in [0.15, 0.2) is 23.2 Å². The molecule has 0 saturated heterocycles. The number of hydrogen-bond acceptors (Lipinski definition) is 5. The minimum atomic E-state index is -0.282.